The minimum absolute atomic E-state index is 0.000799. The maximum Gasteiger partial charge on any atom is 0.331 e. The quantitative estimate of drug-likeness (QED) is 0.335. The molecule has 0 amide bonds. The number of esters is 2. The van der Waals surface area contributed by atoms with Crippen LogP contribution in [0.2, 0.25) is 0 Å². The van der Waals surface area contributed by atoms with Crippen molar-refractivity contribution >= 4 is 23.9 Å². The Labute approximate surface area is 115 Å². The van der Waals surface area contributed by atoms with Crippen molar-refractivity contribution in [2.75, 3.05) is 13.2 Å². The van der Waals surface area contributed by atoms with Crippen LogP contribution in [0.1, 0.15) is 25.7 Å². The summed E-state index contributed by atoms with van der Waals surface area (Å²) in [5, 5.41) is 16.6. The van der Waals surface area contributed by atoms with Crippen LogP contribution in [0.25, 0.3) is 0 Å². The monoisotopic (exact) mass is 288 g/mol. The van der Waals surface area contributed by atoms with E-state index in [-0.39, 0.29) is 26.1 Å². The molecule has 0 aromatic carbocycles. The SMILES string of the molecule is O=C(O)/C=C\C(=O)OCCOC(=O)CCCCC(=O)O. The molecule has 0 aromatic rings. The van der Waals surface area contributed by atoms with Gasteiger partial charge in [0, 0.05) is 25.0 Å². The zero-order valence-electron chi connectivity index (χ0n) is 10.7. The summed E-state index contributed by atoms with van der Waals surface area (Å²) in [6.07, 6.45) is 2.28. The van der Waals surface area contributed by atoms with E-state index >= 15 is 0 Å². The van der Waals surface area contributed by atoms with Gasteiger partial charge in [-0.05, 0) is 12.8 Å². The first-order chi connectivity index (χ1) is 9.41. The van der Waals surface area contributed by atoms with Gasteiger partial charge in [-0.15, -0.1) is 0 Å². The summed E-state index contributed by atoms with van der Waals surface area (Å²) in [5.74, 6) is -3.54. The Balaban J connectivity index is 3.54. The van der Waals surface area contributed by atoms with Gasteiger partial charge in [0.05, 0.1) is 0 Å². The lowest BCUT2D eigenvalue weighted by molar-refractivity contribution is -0.149. The highest BCUT2D eigenvalue weighted by atomic mass is 16.6. The number of carboxylic acids is 2. The maximum atomic E-state index is 11.1. The van der Waals surface area contributed by atoms with Gasteiger partial charge in [-0.3, -0.25) is 9.59 Å². The third-order valence-electron chi connectivity index (χ3n) is 1.97. The van der Waals surface area contributed by atoms with Crippen molar-refractivity contribution in [2.24, 2.45) is 0 Å². The molecule has 0 aliphatic rings. The van der Waals surface area contributed by atoms with E-state index in [9.17, 15) is 19.2 Å². The van der Waals surface area contributed by atoms with Gasteiger partial charge in [0.1, 0.15) is 13.2 Å². The van der Waals surface area contributed by atoms with Gasteiger partial charge in [0.2, 0.25) is 0 Å². The van der Waals surface area contributed by atoms with E-state index in [0.29, 0.717) is 18.9 Å². The zero-order chi connectivity index (χ0) is 15.4. The van der Waals surface area contributed by atoms with Crippen molar-refractivity contribution in [2.45, 2.75) is 25.7 Å². The van der Waals surface area contributed by atoms with Gasteiger partial charge in [-0.1, -0.05) is 0 Å². The molecule has 0 spiro atoms. The van der Waals surface area contributed by atoms with Crippen LogP contribution in [0.5, 0.6) is 0 Å². The second-order valence-corrected chi connectivity index (χ2v) is 3.66. The van der Waals surface area contributed by atoms with Crippen LogP contribution in [-0.4, -0.2) is 47.3 Å². The lowest BCUT2D eigenvalue weighted by atomic mass is 10.2. The molecule has 8 heteroatoms. The van der Waals surface area contributed by atoms with Gasteiger partial charge in [-0.25, -0.2) is 9.59 Å². The second-order valence-electron chi connectivity index (χ2n) is 3.66. The van der Waals surface area contributed by atoms with Gasteiger partial charge in [0.25, 0.3) is 0 Å². The van der Waals surface area contributed by atoms with Crippen LogP contribution in [0.4, 0.5) is 0 Å². The van der Waals surface area contributed by atoms with Crippen LogP contribution >= 0.6 is 0 Å². The van der Waals surface area contributed by atoms with E-state index in [0.717, 1.165) is 6.08 Å². The Hall–Kier alpha value is -2.38. The molecule has 0 saturated carbocycles. The molecule has 0 unspecified atom stereocenters. The van der Waals surface area contributed by atoms with Crippen LogP contribution in [0.3, 0.4) is 0 Å². The Morgan fingerprint density at radius 2 is 1.45 bits per heavy atom. The summed E-state index contributed by atoms with van der Waals surface area (Å²) >= 11 is 0. The summed E-state index contributed by atoms with van der Waals surface area (Å²) in [4.78, 5) is 42.3. The molecule has 0 bridgehead atoms. The molecule has 0 aliphatic heterocycles. The predicted molar refractivity (Wildman–Crippen MR) is 64.8 cm³/mol. The molecule has 0 aliphatic carbocycles. The van der Waals surface area contributed by atoms with E-state index in [4.69, 9.17) is 14.9 Å². The van der Waals surface area contributed by atoms with Crippen LogP contribution in [-0.2, 0) is 28.7 Å². The van der Waals surface area contributed by atoms with E-state index in [1.165, 1.54) is 0 Å². The third kappa shape index (κ3) is 12.1. The van der Waals surface area contributed by atoms with Gasteiger partial charge < -0.3 is 19.7 Å². The summed E-state index contributed by atoms with van der Waals surface area (Å²) in [6, 6.07) is 0. The standard InChI is InChI=1S/C12H16O8/c13-9(14)3-1-2-4-11(17)19-7-8-20-12(18)6-5-10(15)16/h5-6H,1-4,7-8H2,(H,13,14)(H,15,16)/b6-5-. The number of hydrogen-bond donors (Lipinski definition) is 2. The topological polar surface area (TPSA) is 127 Å². The number of hydrogen-bond acceptors (Lipinski definition) is 6. The van der Waals surface area contributed by atoms with Crippen LogP contribution in [0, 0.1) is 0 Å². The highest BCUT2D eigenvalue weighted by Crippen LogP contribution is 2.01. The Morgan fingerprint density at radius 1 is 0.850 bits per heavy atom. The fourth-order valence-electron chi connectivity index (χ4n) is 1.10. The summed E-state index contributed by atoms with van der Waals surface area (Å²) in [7, 11) is 0. The molecule has 0 aromatic heterocycles. The van der Waals surface area contributed by atoms with E-state index in [2.05, 4.69) is 4.74 Å². The lowest BCUT2D eigenvalue weighted by Gasteiger charge is -2.04. The smallest absolute Gasteiger partial charge is 0.331 e. The molecule has 8 nitrogen and oxygen atoms in total. The fraction of sp³-hybridized carbons (Fsp3) is 0.500. The lowest BCUT2D eigenvalue weighted by Crippen LogP contribution is -2.13. The second kappa shape index (κ2) is 10.5. The summed E-state index contributed by atoms with van der Waals surface area (Å²) in [5.41, 5.74) is 0. The third-order valence-corrected chi connectivity index (χ3v) is 1.97. The largest absolute Gasteiger partial charge is 0.481 e. The number of ether oxygens (including phenoxy) is 2. The molecular weight excluding hydrogens is 272 g/mol. The van der Waals surface area contributed by atoms with Gasteiger partial charge >= 0.3 is 23.9 Å². The Kier molecular flexibility index (Phi) is 9.28. The van der Waals surface area contributed by atoms with E-state index < -0.39 is 23.9 Å². The molecule has 112 valence electrons. The number of carboxylic acid groups (broad SMARTS) is 2. The maximum absolute atomic E-state index is 11.1. The number of aliphatic carboxylic acids is 2. The number of unbranched alkanes of at least 4 members (excludes halogenated alkanes) is 1. The van der Waals surface area contributed by atoms with Crippen LogP contribution in [0.15, 0.2) is 12.2 Å². The number of rotatable bonds is 10. The Bertz CT molecular complexity index is 385. The first-order valence-corrected chi connectivity index (χ1v) is 5.87. The molecule has 20 heavy (non-hydrogen) atoms. The number of carbonyl (C=O) groups excluding carboxylic acids is 2. The van der Waals surface area contributed by atoms with Crippen LogP contribution < -0.4 is 0 Å². The molecule has 0 heterocycles. The van der Waals surface area contributed by atoms with Gasteiger partial charge in [0.15, 0.2) is 0 Å². The highest BCUT2D eigenvalue weighted by Gasteiger charge is 2.05. The average Bonchev–Trinajstić information content (AvgIpc) is 2.37. The Morgan fingerprint density at radius 3 is 2.05 bits per heavy atom. The highest BCUT2D eigenvalue weighted by molar-refractivity contribution is 5.90. The van der Waals surface area contributed by atoms with Crippen molar-refractivity contribution in [3.63, 3.8) is 0 Å². The van der Waals surface area contributed by atoms with E-state index in [1.807, 2.05) is 0 Å². The van der Waals surface area contributed by atoms with Crippen molar-refractivity contribution in [3.05, 3.63) is 12.2 Å². The van der Waals surface area contributed by atoms with Crippen molar-refractivity contribution in [3.8, 4) is 0 Å². The minimum atomic E-state index is -1.27. The fourth-order valence-corrected chi connectivity index (χ4v) is 1.10. The first-order valence-electron chi connectivity index (χ1n) is 5.87. The molecule has 0 radical (unpaired) electrons. The molecule has 0 fully saturated rings. The molecule has 0 rings (SSSR count). The zero-order valence-corrected chi connectivity index (χ0v) is 10.7. The van der Waals surface area contributed by atoms with Crippen molar-refractivity contribution in [1.29, 1.82) is 0 Å². The van der Waals surface area contributed by atoms with E-state index in [1.54, 1.807) is 0 Å². The predicted octanol–water partition coefficient (Wildman–Crippen LogP) is 0.359. The summed E-state index contributed by atoms with van der Waals surface area (Å²) in [6.45, 7) is -0.311. The first kappa shape index (κ1) is 17.6. The normalized spacial score (nSPS) is 10.2. The molecule has 0 saturated heterocycles. The summed E-state index contributed by atoms with van der Waals surface area (Å²) < 4.78 is 9.28. The van der Waals surface area contributed by atoms with Gasteiger partial charge in [-0.2, -0.15) is 0 Å². The number of carbonyl (C=O) groups is 4. The molecular formula is C12H16O8. The van der Waals surface area contributed by atoms with Crippen molar-refractivity contribution < 1.29 is 38.9 Å². The average molecular weight is 288 g/mol. The van der Waals surface area contributed by atoms with Crippen molar-refractivity contribution in [1.82, 2.24) is 0 Å². The molecule has 0 atom stereocenters. The minimum Gasteiger partial charge on any atom is -0.481 e. The molecule has 2 N–H and O–H groups in total.